The normalized spacial score (nSPS) is 22.6. The molecule has 7 heteroatoms. The monoisotopic (exact) mass is 417 g/mol. The van der Waals surface area contributed by atoms with Gasteiger partial charge in [0.05, 0.1) is 37.1 Å². The maximum absolute atomic E-state index is 10.2. The minimum Gasteiger partial charge on any atom is -0.493 e. The zero-order valence-electron chi connectivity index (χ0n) is 18.3. The van der Waals surface area contributed by atoms with Gasteiger partial charge in [-0.25, -0.2) is 0 Å². The minimum absolute atomic E-state index is 0.0242. The highest BCUT2D eigenvalue weighted by molar-refractivity contribution is 5.60. The third kappa shape index (κ3) is 3.72. The van der Waals surface area contributed by atoms with E-state index in [9.17, 15) is 15.8 Å². The molecule has 0 aromatic heterocycles. The van der Waals surface area contributed by atoms with Gasteiger partial charge in [0.1, 0.15) is 6.07 Å². The number of nitriles is 3. The Bertz CT molecular complexity index is 1040. The highest BCUT2D eigenvalue weighted by Gasteiger charge is 2.54. The van der Waals surface area contributed by atoms with Crippen molar-refractivity contribution in [2.45, 2.75) is 19.8 Å². The predicted molar refractivity (Wildman–Crippen MR) is 116 cm³/mol. The average molecular weight is 418 g/mol. The van der Waals surface area contributed by atoms with E-state index >= 15 is 0 Å². The number of nitrogens with zero attached hydrogens (tertiary/aromatic N) is 4. The van der Waals surface area contributed by atoms with E-state index in [1.807, 2.05) is 31.3 Å². The van der Waals surface area contributed by atoms with Crippen LogP contribution in [0.25, 0.3) is 0 Å². The summed E-state index contributed by atoms with van der Waals surface area (Å²) >= 11 is 0. The van der Waals surface area contributed by atoms with E-state index in [1.54, 1.807) is 7.11 Å². The summed E-state index contributed by atoms with van der Waals surface area (Å²) in [7, 11) is 3.54. The molecule has 3 rings (SSSR count). The Morgan fingerprint density at radius 3 is 2.52 bits per heavy atom. The van der Waals surface area contributed by atoms with Gasteiger partial charge < -0.3 is 20.1 Å². The van der Waals surface area contributed by atoms with Crippen molar-refractivity contribution in [3.05, 3.63) is 46.7 Å². The van der Waals surface area contributed by atoms with Crippen molar-refractivity contribution in [3.63, 3.8) is 0 Å². The SMILES string of the molecule is COc1cc([C@H]2[C@H]3CN(C)CC=C3C(C#N)=C(N)C2(C#N)C#N)ccc1OCC(C)C. The molecule has 7 nitrogen and oxygen atoms in total. The number of rotatable bonds is 5. The number of allylic oxidation sites excluding steroid dienone is 2. The second-order valence-electron chi connectivity index (χ2n) is 8.51. The fourth-order valence-electron chi connectivity index (χ4n) is 4.45. The smallest absolute Gasteiger partial charge is 0.191 e. The topological polar surface area (TPSA) is 119 Å². The van der Waals surface area contributed by atoms with E-state index in [-0.39, 0.29) is 17.2 Å². The first-order chi connectivity index (χ1) is 14.8. The summed E-state index contributed by atoms with van der Waals surface area (Å²) in [5.74, 6) is 0.709. The molecule has 1 aliphatic carbocycles. The molecule has 0 spiro atoms. The van der Waals surface area contributed by atoms with Crippen LogP contribution in [-0.2, 0) is 0 Å². The number of likely N-dealkylation sites (N-methyl/N-ethyl adjacent to an activating group) is 1. The Hall–Kier alpha value is -3.47. The number of benzene rings is 1. The summed E-state index contributed by atoms with van der Waals surface area (Å²) in [6, 6.07) is 12.0. The molecule has 0 unspecified atom stereocenters. The highest BCUT2D eigenvalue weighted by atomic mass is 16.5. The lowest BCUT2D eigenvalue weighted by atomic mass is 9.58. The van der Waals surface area contributed by atoms with Crippen molar-refractivity contribution >= 4 is 0 Å². The molecule has 0 bridgehead atoms. The molecular weight excluding hydrogens is 390 g/mol. The van der Waals surface area contributed by atoms with Crippen LogP contribution in [0.15, 0.2) is 41.1 Å². The van der Waals surface area contributed by atoms with E-state index in [4.69, 9.17) is 15.2 Å². The molecule has 1 aromatic carbocycles. The first-order valence-corrected chi connectivity index (χ1v) is 10.2. The fourth-order valence-corrected chi connectivity index (χ4v) is 4.45. The van der Waals surface area contributed by atoms with Crippen LogP contribution >= 0.6 is 0 Å². The number of hydrogen-bond acceptors (Lipinski definition) is 7. The molecule has 1 aliphatic heterocycles. The molecule has 0 saturated heterocycles. The Labute approximate surface area is 183 Å². The summed E-state index contributed by atoms with van der Waals surface area (Å²) in [6.07, 6.45) is 1.97. The van der Waals surface area contributed by atoms with E-state index in [0.29, 0.717) is 37.1 Å². The van der Waals surface area contributed by atoms with Crippen molar-refractivity contribution in [3.8, 4) is 29.7 Å². The molecule has 0 saturated carbocycles. The number of fused-ring (bicyclic) bond motifs is 1. The molecule has 2 atom stereocenters. The van der Waals surface area contributed by atoms with Crippen LogP contribution in [0, 0.1) is 51.2 Å². The van der Waals surface area contributed by atoms with E-state index in [2.05, 4.69) is 37.0 Å². The second kappa shape index (κ2) is 8.72. The first kappa shape index (κ1) is 22.2. The third-order valence-electron chi connectivity index (χ3n) is 5.97. The molecule has 160 valence electrons. The first-order valence-electron chi connectivity index (χ1n) is 10.2. The minimum atomic E-state index is -1.66. The number of ether oxygens (including phenoxy) is 2. The largest absolute Gasteiger partial charge is 0.493 e. The van der Waals surface area contributed by atoms with Gasteiger partial charge in [-0.05, 0) is 36.2 Å². The molecule has 0 fully saturated rings. The lowest BCUT2D eigenvalue weighted by Crippen LogP contribution is -2.47. The lowest BCUT2D eigenvalue weighted by molar-refractivity contribution is 0.236. The maximum atomic E-state index is 10.2. The second-order valence-corrected chi connectivity index (χ2v) is 8.51. The van der Waals surface area contributed by atoms with Crippen molar-refractivity contribution in [1.82, 2.24) is 4.90 Å². The van der Waals surface area contributed by atoms with E-state index < -0.39 is 11.3 Å². The van der Waals surface area contributed by atoms with Gasteiger partial charge in [0.15, 0.2) is 16.9 Å². The fraction of sp³-hybridized carbons (Fsp3) is 0.458. The Balaban J connectivity index is 2.20. The molecule has 0 radical (unpaired) electrons. The standard InChI is InChI=1S/C24H27N5O2/c1-15(2)12-31-20-6-5-16(9-21(20)30-4)22-19-11-29(3)8-7-17(19)18(10-25)23(28)24(22,13-26)14-27/h5-7,9,15,19,22H,8,11-12,28H2,1-4H3/t19-,22-/m0/s1. The maximum Gasteiger partial charge on any atom is 0.191 e. The van der Waals surface area contributed by atoms with Crippen LogP contribution in [0.3, 0.4) is 0 Å². The van der Waals surface area contributed by atoms with Crippen LogP contribution in [0.1, 0.15) is 25.3 Å². The predicted octanol–water partition coefficient (Wildman–Crippen LogP) is 3.09. The zero-order chi connectivity index (χ0) is 22.8. The van der Waals surface area contributed by atoms with Crippen molar-refractivity contribution < 1.29 is 9.47 Å². The van der Waals surface area contributed by atoms with E-state index in [0.717, 1.165) is 11.1 Å². The van der Waals surface area contributed by atoms with Gasteiger partial charge in [0.2, 0.25) is 0 Å². The van der Waals surface area contributed by atoms with Gasteiger partial charge in [-0.3, -0.25) is 0 Å². The molecule has 0 amide bonds. The Morgan fingerprint density at radius 1 is 1.23 bits per heavy atom. The zero-order valence-corrected chi connectivity index (χ0v) is 18.3. The van der Waals surface area contributed by atoms with Crippen LogP contribution < -0.4 is 15.2 Å². The summed E-state index contributed by atoms with van der Waals surface area (Å²) in [5.41, 5.74) is 6.52. The number of hydrogen-bond donors (Lipinski definition) is 1. The van der Waals surface area contributed by atoms with Crippen molar-refractivity contribution in [2.24, 2.45) is 23.0 Å². The average Bonchev–Trinajstić information content (AvgIpc) is 2.77. The van der Waals surface area contributed by atoms with Crippen LogP contribution in [0.5, 0.6) is 11.5 Å². The summed E-state index contributed by atoms with van der Waals surface area (Å²) < 4.78 is 11.4. The summed E-state index contributed by atoms with van der Waals surface area (Å²) in [6.45, 7) is 5.95. The van der Waals surface area contributed by atoms with Gasteiger partial charge in [0, 0.05) is 24.9 Å². The summed E-state index contributed by atoms with van der Waals surface area (Å²) in [5, 5.41) is 30.1. The van der Waals surface area contributed by atoms with Gasteiger partial charge >= 0.3 is 0 Å². The van der Waals surface area contributed by atoms with Gasteiger partial charge in [-0.1, -0.05) is 26.0 Å². The van der Waals surface area contributed by atoms with Gasteiger partial charge in [-0.2, -0.15) is 15.8 Å². The van der Waals surface area contributed by atoms with Crippen molar-refractivity contribution in [1.29, 1.82) is 15.8 Å². The third-order valence-corrected chi connectivity index (χ3v) is 5.97. The Morgan fingerprint density at radius 2 is 1.94 bits per heavy atom. The van der Waals surface area contributed by atoms with Crippen LogP contribution in [-0.4, -0.2) is 38.8 Å². The number of methoxy groups -OCH3 is 1. The molecule has 2 N–H and O–H groups in total. The van der Waals surface area contributed by atoms with Crippen LogP contribution in [0.2, 0.25) is 0 Å². The molecular formula is C24H27N5O2. The lowest BCUT2D eigenvalue weighted by Gasteiger charge is -2.45. The summed E-state index contributed by atoms with van der Waals surface area (Å²) in [4.78, 5) is 2.11. The molecule has 31 heavy (non-hydrogen) atoms. The van der Waals surface area contributed by atoms with Gasteiger partial charge in [-0.15, -0.1) is 0 Å². The number of nitrogens with two attached hydrogens (primary N) is 1. The molecule has 1 heterocycles. The molecule has 2 aliphatic rings. The van der Waals surface area contributed by atoms with Gasteiger partial charge in [0.25, 0.3) is 0 Å². The van der Waals surface area contributed by atoms with E-state index in [1.165, 1.54) is 0 Å². The quantitative estimate of drug-likeness (QED) is 0.782. The van der Waals surface area contributed by atoms with Crippen molar-refractivity contribution in [2.75, 3.05) is 33.9 Å². The van der Waals surface area contributed by atoms with Crippen LogP contribution in [0.4, 0.5) is 0 Å². The molecule has 1 aromatic rings. The highest BCUT2D eigenvalue weighted by Crippen LogP contribution is 2.54. The Kier molecular flexibility index (Phi) is 6.25.